The number of nitrogens with one attached hydrogen (secondary N) is 2. The average molecular weight is 309 g/mol. The summed E-state index contributed by atoms with van der Waals surface area (Å²) in [6, 6.07) is 12.6. The molecule has 0 unspecified atom stereocenters. The Hall–Kier alpha value is -1.71. The third-order valence-corrected chi connectivity index (χ3v) is 3.46. The van der Waals surface area contributed by atoms with Crippen molar-refractivity contribution in [3.8, 4) is 0 Å². The maximum Gasteiger partial charge on any atom is 0.243 e. The summed E-state index contributed by atoms with van der Waals surface area (Å²) in [6.07, 6.45) is 0. The SMILES string of the molecule is Cc1c(Cl)cccc1NC(=O)CNc1cccc(Cl)c1. The molecule has 0 saturated heterocycles. The van der Waals surface area contributed by atoms with E-state index in [1.165, 1.54) is 0 Å². The van der Waals surface area contributed by atoms with Crippen LogP contribution in [0.5, 0.6) is 0 Å². The van der Waals surface area contributed by atoms with Crippen LogP contribution in [0, 0.1) is 6.92 Å². The molecule has 2 rings (SSSR count). The first kappa shape index (κ1) is 14.7. The van der Waals surface area contributed by atoms with Crippen LogP contribution in [0.2, 0.25) is 10.0 Å². The van der Waals surface area contributed by atoms with Crippen LogP contribution >= 0.6 is 23.2 Å². The minimum atomic E-state index is -0.143. The van der Waals surface area contributed by atoms with Crippen LogP contribution in [0.25, 0.3) is 0 Å². The lowest BCUT2D eigenvalue weighted by Crippen LogP contribution is -2.22. The molecule has 0 aliphatic rings. The van der Waals surface area contributed by atoms with Gasteiger partial charge in [-0.25, -0.2) is 0 Å². The summed E-state index contributed by atoms with van der Waals surface area (Å²) in [6.45, 7) is 2.02. The van der Waals surface area contributed by atoms with Gasteiger partial charge in [0.15, 0.2) is 0 Å². The van der Waals surface area contributed by atoms with Gasteiger partial charge in [0.25, 0.3) is 0 Å². The van der Waals surface area contributed by atoms with Gasteiger partial charge in [-0.3, -0.25) is 4.79 Å². The number of hydrogen-bond donors (Lipinski definition) is 2. The van der Waals surface area contributed by atoms with Gasteiger partial charge in [-0.05, 0) is 42.8 Å². The number of carbonyl (C=O) groups excluding carboxylic acids is 1. The van der Waals surface area contributed by atoms with E-state index in [4.69, 9.17) is 23.2 Å². The fourth-order valence-corrected chi connectivity index (χ4v) is 2.08. The Balaban J connectivity index is 1.94. The van der Waals surface area contributed by atoms with E-state index < -0.39 is 0 Å². The van der Waals surface area contributed by atoms with Gasteiger partial charge in [0.1, 0.15) is 0 Å². The van der Waals surface area contributed by atoms with Gasteiger partial charge in [0.2, 0.25) is 5.91 Å². The van der Waals surface area contributed by atoms with E-state index in [2.05, 4.69) is 10.6 Å². The summed E-state index contributed by atoms with van der Waals surface area (Å²) in [5.74, 6) is -0.143. The number of rotatable bonds is 4. The molecule has 0 saturated carbocycles. The summed E-state index contributed by atoms with van der Waals surface area (Å²) in [5.41, 5.74) is 2.37. The van der Waals surface area contributed by atoms with Gasteiger partial charge < -0.3 is 10.6 Å². The van der Waals surface area contributed by atoms with Crippen LogP contribution in [0.3, 0.4) is 0 Å². The molecule has 0 bridgehead atoms. The maximum absolute atomic E-state index is 11.9. The second-order valence-electron chi connectivity index (χ2n) is 4.32. The Morgan fingerprint density at radius 3 is 2.65 bits per heavy atom. The van der Waals surface area contributed by atoms with Gasteiger partial charge in [-0.1, -0.05) is 35.3 Å². The van der Waals surface area contributed by atoms with E-state index in [9.17, 15) is 4.79 Å². The van der Waals surface area contributed by atoms with E-state index in [1.807, 2.05) is 25.1 Å². The summed E-state index contributed by atoms with van der Waals surface area (Å²) in [7, 11) is 0. The van der Waals surface area contributed by atoms with Crippen LogP contribution in [0.15, 0.2) is 42.5 Å². The predicted octanol–water partition coefficient (Wildman–Crippen LogP) is 4.35. The molecular formula is C15H14Cl2N2O. The normalized spacial score (nSPS) is 10.2. The first-order chi connectivity index (χ1) is 9.56. The zero-order valence-electron chi connectivity index (χ0n) is 10.9. The highest BCUT2D eigenvalue weighted by molar-refractivity contribution is 6.31. The van der Waals surface area contributed by atoms with Crippen LogP contribution in [-0.2, 0) is 4.79 Å². The van der Waals surface area contributed by atoms with Crippen molar-refractivity contribution in [2.24, 2.45) is 0 Å². The molecular weight excluding hydrogens is 295 g/mol. The Morgan fingerprint density at radius 2 is 1.90 bits per heavy atom. The smallest absolute Gasteiger partial charge is 0.243 e. The molecule has 0 aliphatic heterocycles. The Labute approximate surface area is 127 Å². The average Bonchev–Trinajstić information content (AvgIpc) is 2.42. The summed E-state index contributed by atoms with van der Waals surface area (Å²) < 4.78 is 0. The molecule has 20 heavy (non-hydrogen) atoms. The molecule has 1 amide bonds. The highest BCUT2D eigenvalue weighted by Crippen LogP contribution is 2.22. The van der Waals surface area contributed by atoms with E-state index in [1.54, 1.807) is 24.3 Å². The van der Waals surface area contributed by atoms with E-state index in [-0.39, 0.29) is 12.5 Å². The summed E-state index contributed by atoms with van der Waals surface area (Å²) >= 11 is 11.9. The van der Waals surface area contributed by atoms with Crippen LogP contribution in [-0.4, -0.2) is 12.5 Å². The highest BCUT2D eigenvalue weighted by atomic mass is 35.5. The van der Waals surface area contributed by atoms with Crippen LogP contribution in [0.4, 0.5) is 11.4 Å². The van der Waals surface area contributed by atoms with Crippen molar-refractivity contribution >= 4 is 40.5 Å². The van der Waals surface area contributed by atoms with Crippen molar-refractivity contribution in [3.63, 3.8) is 0 Å². The Kier molecular flexibility index (Phi) is 4.88. The van der Waals surface area contributed by atoms with E-state index in [0.717, 1.165) is 16.9 Å². The van der Waals surface area contributed by atoms with Crippen LogP contribution < -0.4 is 10.6 Å². The molecule has 2 aromatic carbocycles. The number of benzene rings is 2. The first-order valence-corrected chi connectivity index (χ1v) is 6.86. The van der Waals surface area contributed by atoms with Crippen LogP contribution in [0.1, 0.15) is 5.56 Å². The van der Waals surface area contributed by atoms with Crippen molar-refractivity contribution in [2.75, 3.05) is 17.2 Å². The molecule has 0 heterocycles. The molecule has 2 aromatic rings. The molecule has 0 fully saturated rings. The van der Waals surface area contributed by atoms with E-state index in [0.29, 0.717) is 10.0 Å². The largest absolute Gasteiger partial charge is 0.376 e. The highest BCUT2D eigenvalue weighted by Gasteiger charge is 2.06. The van der Waals surface area contributed by atoms with Crippen molar-refractivity contribution < 1.29 is 4.79 Å². The fourth-order valence-electron chi connectivity index (χ4n) is 1.72. The molecule has 2 N–H and O–H groups in total. The minimum Gasteiger partial charge on any atom is -0.376 e. The summed E-state index contributed by atoms with van der Waals surface area (Å²) in [4.78, 5) is 11.9. The van der Waals surface area contributed by atoms with Gasteiger partial charge in [0.05, 0.1) is 6.54 Å². The van der Waals surface area contributed by atoms with Crippen molar-refractivity contribution in [2.45, 2.75) is 6.92 Å². The third-order valence-electron chi connectivity index (χ3n) is 2.82. The lowest BCUT2D eigenvalue weighted by atomic mass is 10.2. The number of halogens is 2. The maximum atomic E-state index is 11.9. The number of hydrogen-bond acceptors (Lipinski definition) is 2. The quantitative estimate of drug-likeness (QED) is 0.881. The zero-order chi connectivity index (χ0) is 14.5. The second-order valence-corrected chi connectivity index (χ2v) is 5.17. The second kappa shape index (κ2) is 6.64. The Morgan fingerprint density at radius 1 is 1.15 bits per heavy atom. The van der Waals surface area contributed by atoms with Gasteiger partial charge in [-0.2, -0.15) is 0 Å². The molecule has 0 radical (unpaired) electrons. The van der Waals surface area contributed by atoms with Gasteiger partial charge in [0, 0.05) is 21.4 Å². The minimum absolute atomic E-state index is 0.143. The van der Waals surface area contributed by atoms with Gasteiger partial charge >= 0.3 is 0 Å². The Bertz CT molecular complexity index is 629. The lowest BCUT2D eigenvalue weighted by molar-refractivity contribution is -0.114. The number of anilines is 2. The molecule has 0 spiro atoms. The zero-order valence-corrected chi connectivity index (χ0v) is 12.4. The topological polar surface area (TPSA) is 41.1 Å². The van der Waals surface area contributed by atoms with Crippen molar-refractivity contribution in [1.29, 1.82) is 0 Å². The van der Waals surface area contributed by atoms with Crippen molar-refractivity contribution in [1.82, 2.24) is 0 Å². The third kappa shape index (κ3) is 3.89. The molecule has 0 aliphatic carbocycles. The standard InChI is InChI=1S/C15H14Cl2N2O/c1-10-13(17)6-3-7-14(10)19-15(20)9-18-12-5-2-4-11(16)8-12/h2-8,18H,9H2,1H3,(H,19,20). The molecule has 104 valence electrons. The number of amides is 1. The van der Waals surface area contributed by atoms with E-state index >= 15 is 0 Å². The molecule has 0 aromatic heterocycles. The number of carbonyl (C=O) groups is 1. The summed E-state index contributed by atoms with van der Waals surface area (Å²) in [5, 5.41) is 7.08. The predicted molar refractivity (Wildman–Crippen MR) is 84.8 cm³/mol. The van der Waals surface area contributed by atoms with Crippen molar-refractivity contribution in [3.05, 3.63) is 58.1 Å². The molecule has 3 nitrogen and oxygen atoms in total. The fraction of sp³-hybridized carbons (Fsp3) is 0.133. The lowest BCUT2D eigenvalue weighted by Gasteiger charge is -2.10. The first-order valence-electron chi connectivity index (χ1n) is 6.10. The monoisotopic (exact) mass is 308 g/mol. The molecule has 5 heteroatoms. The van der Waals surface area contributed by atoms with Gasteiger partial charge in [-0.15, -0.1) is 0 Å². The molecule has 0 atom stereocenters.